The van der Waals surface area contributed by atoms with E-state index in [4.69, 9.17) is 11.6 Å². The van der Waals surface area contributed by atoms with Gasteiger partial charge in [-0.15, -0.1) is 11.6 Å². The Morgan fingerprint density at radius 2 is 2.58 bits per heavy atom. The van der Waals surface area contributed by atoms with Crippen LogP contribution in [-0.2, 0) is 11.2 Å². The fourth-order valence-corrected chi connectivity index (χ4v) is 0.758. The monoisotopic (exact) mass is 189 g/mol. The van der Waals surface area contributed by atoms with E-state index in [1.165, 1.54) is 6.39 Å². The highest BCUT2D eigenvalue weighted by Crippen LogP contribution is 1.87. The predicted molar refractivity (Wildman–Crippen MR) is 41.7 cm³/mol. The smallest absolute Gasteiger partial charge is 0.234 e. The largest absolute Gasteiger partial charge is 0.355 e. The van der Waals surface area contributed by atoms with Crippen molar-refractivity contribution in [3.8, 4) is 0 Å². The van der Waals surface area contributed by atoms with Crippen molar-refractivity contribution in [2.75, 3.05) is 12.4 Å². The van der Waals surface area contributed by atoms with Crippen LogP contribution in [0.3, 0.4) is 0 Å². The van der Waals surface area contributed by atoms with Gasteiger partial charge in [0, 0.05) is 13.0 Å². The first-order valence-electron chi connectivity index (χ1n) is 3.41. The number of hydrogen-bond donors (Lipinski definition) is 1. The number of halogens is 1. The van der Waals surface area contributed by atoms with Crippen molar-refractivity contribution < 1.29 is 9.32 Å². The first-order chi connectivity index (χ1) is 5.83. The van der Waals surface area contributed by atoms with Gasteiger partial charge in [0.05, 0.1) is 0 Å². The van der Waals surface area contributed by atoms with E-state index in [1.807, 2.05) is 0 Å². The summed E-state index contributed by atoms with van der Waals surface area (Å²) in [6.45, 7) is 0.477. The van der Waals surface area contributed by atoms with E-state index in [0.717, 1.165) is 0 Å². The van der Waals surface area contributed by atoms with E-state index in [1.54, 1.807) is 0 Å². The van der Waals surface area contributed by atoms with Crippen molar-refractivity contribution in [3.05, 3.63) is 12.2 Å². The highest BCUT2D eigenvalue weighted by Gasteiger charge is 2.00. The Balaban J connectivity index is 2.15. The van der Waals surface area contributed by atoms with Gasteiger partial charge in [0.25, 0.3) is 0 Å². The molecule has 0 spiro atoms. The van der Waals surface area contributed by atoms with Crippen LogP contribution in [0.5, 0.6) is 0 Å². The van der Waals surface area contributed by atoms with Crippen LogP contribution in [0.4, 0.5) is 0 Å². The molecule has 66 valence electrons. The topological polar surface area (TPSA) is 68.0 Å². The molecule has 5 nitrogen and oxygen atoms in total. The fraction of sp³-hybridized carbons (Fsp3) is 0.500. The van der Waals surface area contributed by atoms with Crippen molar-refractivity contribution >= 4 is 17.5 Å². The lowest BCUT2D eigenvalue weighted by atomic mass is 10.4. The van der Waals surface area contributed by atoms with Crippen LogP contribution in [0.25, 0.3) is 0 Å². The first kappa shape index (κ1) is 8.99. The van der Waals surface area contributed by atoms with Gasteiger partial charge in [-0.05, 0) is 0 Å². The Bertz CT molecular complexity index is 237. The zero-order valence-corrected chi connectivity index (χ0v) is 7.04. The van der Waals surface area contributed by atoms with E-state index in [0.29, 0.717) is 18.8 Å². The maximum Gasteiger partial charge on any atom is 0.234 e. The summed E-state index contributed by atoms with van der Waals surface area (Å²) in [7, 11) is 0. The fourth-order valence-electron chi connectivity index (χ4n) is 0.664. The standard InChI is InChI=1S/C6H8ClN3O2/c7-3-6(11)8-2-1-5-9-4-12-10-5/h4H,1-3H2,(H,8,11). The van der Waals surface area contributed by atoms with Crippen molar-refractivity contribution in [3.63, 3.8) is 0 Å². The number of amides is 1. The summed E-state index contributed by atoms with van der Waals surface area (Å²) in [4.78, 5) is 14.4. The number of aromatic nitrogens is 2. The number of hydrogen-bond acceptors (Lipinski definition) is 4. The molecule has 1 amide bonds. The quantitative estimate of drug-likeness (QED) is 0.676. The van der Waals surface area contributed by atoms with Crippen LogP contribution in [0.15, 0.2) is 10.9 Å². The number of rotatable bonds is 4. The molecule has 0 saturated heterocycles. The zero-order valence-electron chi connectivity index (χ0n) is 6.29. The van der Waals surface area contributed by atoms with Crippen LogP contribution >= 0.6 is 11.6 Å². The van der Waals surface area contributed by atoms with Gasteiger partial charge in [-0.25, -0.2) is 0 Å². The Labute approximate surface area is 74.1 Å². The van der Waals surface area contributed by atoms with Gasteiger partial charge < -0.3 is 9.84 Å². The van der Waals surface area contributed by atoms with Gasteiger partial charge >= 0.3 is 0 Å². The molecule has 0 aliphatic heterocycles. The average molecular weight is 190 g/mol. The molecule has 0 aromatic carbocycles. The number of carbonyl (C=O) groups is 1. The molecule has 1 N–H and O–H groups in total. The summed E-state index contributed by atoms with van der Waals surface area (Å²) in [6, 6.07) is 0. The van der Waals surface area contributed by atoms with Gasteiger partial charge in [0.15, 0.2) is 5.82 Å². The normalized spacial score (nSPS) is 9.75. The molecule has 0 radical (unpaired) electrons. The average Bonchev–Trinajstić information content (AvgIpc) is 2.57. The minimum atomic E-state index is -0.194. The van der Waals surface area contributed by atoms with E-state index < -0.39 is 0 Å². The van der Waals surface area contributed by atoms with E-state index in [2.05, 4.69) is 20.0 Å². The molecule has 0 aliphatic carbocycles. The molecule has 1 heterocycles. The third kappa shape index (κ3) is 2.87. The molecule has 0 bridgehead atoms. The maximum absolute atomic E-state index is 10.6. The Kier molecular flexibility index (Phi) is 3.53. The summed E-state index contributed by atoms with van der Waals surface area (Å²) < 4.78 is 4.50. The van der Waals surface area contributed by atoms with Gasteiger partial charge in [0.1, 0.15) is 5.88 Å². The molecular weight excluding hydrogens is 182 g/mol. The van der Waals surface area contributed by atoms with E-state index in [9.17, 15) is 4.79 Å². The van der Waals surface area contributed by atoms with E-state index in [-0.39, 0.29) is 11.8 Å². The highest BCUT2D eigenvalue weighted by molar-refractivity contribution is 6.27. The Hall–Kier alpha value is -1.10. The summed E-state index contributed by atoms with van der Waals surface area (Å²) in [5.74, 6) is 0.358. The summed E-state index contributed by atoms with van der Waals surface area (Å²) in [6.07, 6.45) is 1.80. The van der Waals surface area contributed by atoms with Gasteiger partial charge in [-0.3, -0.25) is 4.79 Å². The number of alkyl halides is 1. The second-order valence-corrected chi connectivity index (χ2v) is 2.35. The lowest BCUT2D eigenvalue weighted by molar-refractivity contribution is -0.118. The maximum atomic E-state index is 10.6. The Morgan fingerprint density at radius 1 is 1.75 bits per heavy atom. The summed E-state index contributed by atoms with van der Waals surface area (Å²) >= 11 is 5.25. The predicted octanol–water partition coefficient (Wildman–Crippen LogP) is -0.0329. The van der Waals surface area contributed by atoms with Crippen LogP contribution in [-0.4, -0.2) is 28.5 Å². The van der Waals surface area contributed by atoms with Crippen molar-refractivity contribution in [1.82, 2.24) is 15.5 Å². The highest BCUT2D eigenvalue weighted by atomic mass is 35.5. The van der Waals surface area contributed by atoms with Gasteiger partial charge in [0.2, 0.25) is 12.3 Å². The molecule has 1 aromatic heterocycles. The second kappa shape index (κ2) is 4.71. The van der Waals surface area contributed by atoms with Crippen molar-refractivity contribution in [1.29, 1.82) is 0 Å². The molecule has 0 fully saturated rings. The molecule has 1 aromatic rings. The van der Waals surface area contributed by atoms with Crippen LogP contribution in [0, 0.1) is 0 Å². The minimum absolute atomic E-state index is 0.0216. The molecule has 0 saturated carbocycles. The minimum Gasteiger partial charge on any atom is -0.355 e. The molecular formula is C6H8ClN3O2. The Morgan fingerprint density at radius 3 is 3.17 bits per heavy atom. The van der Waals surface area contributed by atoms with Crippen LogP contribution in [0.2, 0.25) is 0 Å². The number of nitrogens with zero attached hydrogens (tertiary/aromatic N) is 2. The van der Waals surface area contributed by atoms with Gasteiger partial charge in [-0.1, -0.05) is 5.16 Å². The second-order valence-electron chi connectivity index (χ2n) is 2.08. The van der Waals surface area contributed by atoms with Gasteiger partial charge in [-0.2, -0.15) is 4.98 Å². The van der Waals surface area contributed by atoms with Crippen LogP contribution in [0.1, 0.15) is 5.82 Å². The first-order valence-corrected chi connectivity index (χ1v) is 3.94. The van der Waals surface area contributed by atoms with Crippen molar-refractivity contribution in [2.45, 2.75) is 6.42 Å². The molecule has 0 aliphatic rings. The van der Waals surface area contributed by atoms with Crippen LogP contribution < -0.4 is 5.32 Å². The third-order valence-electron chi connectivity index (χ3n) is 1.20. The zero-order chi connectivity index (χ0) is 8.81. The van der Waals surface area contributed by atoms with E-state index >= 15 is 0 Å². The molecule has 0 atom stereocenters. The molecule has 0 unspecified atom stereocenters. The molecule has 1 rings (SSSR count). The third-order valence-corrected chi connectivity index (χ3v) is 1.44. The lowest BCUT2D eigenvalue weighted by Crippen LogP contribution is -2.26. The lowest BCUT2D eigenvalue weighted by Gasteiger charge is -1.98. The SMILES string of the molecule is O=C(CCl)NCCc1ncon1. The number of carbonyl (C=O) groups excluding carboxylic acids is 1. The molecule has 12 heavy (non-hydrogen) atoms. The molecule has 6 heteroatoms. The number of nitrogens with one attached hydrogen (secondary N) is 1. The van der Waals surface area contributed by atoms with Crippen molar-refractivity contribution in [2.24, 2.45) is 0 Å². The summed E-state index contributed by atoms with van der Waals surface area (Å²) in [5.41, 5.74) is 0. The summed E-state index contributed by atoms with van der Waals surface area (Å²) in [5, 5.41) is 6.15.